The molecule has 0 fully saturated rings. The third kappa shape index (κ3) is 3.94. The molecule has 5 unspecified atom stereocenters. The summed E-state index contributed by atoms with van der Waals surface area (Å²) in [6, 6.07) is 24.3. The summed E-state index contributed by atoms with van der Waals surface area (Å²) in [5.41, 5.74) is 8.87. The maximum Gasteiger partial charge on any atom is 0.277 e. The minimum atomic E-state index is -0.306. The van der Waals surface area contributed by atoms with Crippen LogP contribution in [0.15, 0.2) is 118 Å². The molecule has 0 N–H and O–H groups in total. The van der Waals surface area contributed by atoms with Crippen molar-refractivity contribution in [1.29, 1.82) is 0 Å². The van der Waals surface area contributed by atoms with Crippen LogP contribution in [0.1, 0.15) is 55.6 Å². The first-order valence-corrected chi connectivity index (χ1v) is 17.0. The summed E-state index contributed by atoms with van der Waals surface area (Å²) < 4.78 is 6.67. The van der Waals surface area contributed by atoms with Crippen molar-refractivity contribution >= 4 is 50.8 Å². The second-order valence-electron chi connectivity index (χ2n) is 13.6. The second-order valence-corrected chi connectivity index (χ2v) is 14.8. The lowest BCUT2D eigenvalue weighted by atomic mass is 9.70. The van der Waals surface area contributed by atoms with Crippen LogP contribution in [0.2, 0.25) is 0 Å². The van der Waals surface area contributed by atoms with Gasteiger partial charge in [0, 0.05) is 50.0 Å². The fraction of sp³-hybridized carbons (Fsp3) is 0.220. The van der Waals surface area contributed by atoms with E-state index in [1.54, 1.807) is 12.1 Å². The lowest BCUT2D eigenvalue weighted by molar-refractivity contribution is -0.384. The van der Waals surface area contributed by atoms with E-state index in [4.69, 9.17) is 4.42 Å². The van der Waals surface area contributed by atoms with Gasteiger partial charge in [0.05, 0.1) is 10.5 Å². The Kier molecular flexibility index (Phi) is 5.98. The minimum absolute atomic E-state index is 0.0940. The van der Waals surface area contributed by atoms with Crippen LogP contribution in [0.3, 0.4) is 0 Å². The van der Waals surface area contributed by atoms with Gasteiger partial charge in [-0.1, -0.05) is 99.7 Å². The molecule has 4 nitrogen and oxygen atoms in total. The Morgan fingerprint density at radius 2 is 1.72 bits per heavy atom. The summed E-state index contributed by atoms with van der Waals surface area (Å²) in [7, 11) is 0. The van der Waals surface area contributed by atoms with E-state index in [0.717, 1.165) is 38.6 Å². The molecule has 3 aliphatic carbocycles. The first-order valence-electron chi connectivity index (χ1n) is 16.1. The van der Waals surface area contributed by atoms with Crippen LogP contribution in [0, 0.1) is 22.0 Å². The zero-order chi connectivity index (χ0) is 31.3. The number of allylic oxidation sites excluding steroid dienone is 6. The van der Waals surface area contributed by atoms with Gasteiger partial charge in [-0.05, 0) is 69.7 Å². The SMILES string of the molecule is CC1C=CC2Sc3cc(C4=CC5=Cc6c(oc7cc(-c8ccccc8[N+](=O)[O-])c8ccccc8c67)C(C)C5C=C4)ccc3C2(C)C1. The van der Waals surface area contributed by atoms with Gasteiger partial charge in [0.15, 0.2) is 0 Å². The molecule has 0 amide bonds. The van der Waals surface area contributed by atoms with Crippen molar-refractivity contribution < 1.29 is 9.34 Å². The van der Waals surface area contributed by atoms with Gasteiger partial charge in [0.1, 0.15) is 11.3 Å². The molecular weight excluding hydrogens is 587 g/mol. The van der Waals surface area contributed by atoms with Crippen LogP contribution in [-0.4, -0.2) is 10.2 Å². The predicted octanol–water partition coefficient (Wildman–Crippen LogP) is 11.3. The van der Waals surface area contributed by atoms with Gasteiger partial charge in [-0.3, -0.25) is 10.1 Å². The number of benzene rings is 4. The van der Waals surface area contributed by atoms with Gasteiger partial charge in [-0.2, -0.15) is 0 Å². The van der Waals surface area contributed by atoms with Crippen LogP contribution in [0.4, 0.5) is 5.69 Å². The first kappa shape index (κ1) is 27.7. The molecule has 5 atom stereocenters. The van der Waals surface area contributed by atoms with Crippen LogP contribution in [0.25, 0.3) is 44.5 Å². The van der Waals surface area contributed by atoms with E-state index in [-0.39, 0.29) is 27.9 Å². The average molecular weight is 620 g/mol. The summed E-state index contributed by atoms with van der Waals surface area (Å²) in [5.74, 6) is 1.95. The zero-order valence-corrected chi connectivity index (χ0v) is 26.8. The van der Waals surface area contributed by atoms with Crippen molar-refractivity contribution in [3.63, 3.8) is 0 Å². The third-order valence-electron chi connectivity index (χ3n) is 10.8. The minimum Gasteiger partial charge on any atom is -0.460 e. The van der Waals surface area contributed by atoms with Gasteiger partial charge in [0.25, 0.3) is 5.69 Å². The average Bonchev–Trinajstić information content (AvgIpc) is 3.58. The highest BCUT2D eigenvalue weighted by Crippen LogP contribution is 2.56. The van der Waals surface area contributed by atoms with Gasteiger partial charge >= 0.3 is 0 Å². The summed E-state index contributed by atoms with van der Waals surface area (Å²) in [4.78, 5) is 13.1. The smallest absolute Gasteiger partial charge is 0.277 e. The largest absolute Gasteiger partial charge is 0.460 e. The Bertz CT molecular complexity index is 2270. The Hall–Kier alpha value is -4.61. The number of nitrogens with zero attached hydrogens (tertiary/aromatic N) is 1. The van der Waals surface area contributed by atoms with Crippen molar-refractivity contribution in [2.75, 3.05) is 0 Å². The molecule has 46 heavy (non-hydrogen) atoms. The number of fused-ring (bicyclic) bond motifs is 9. The van der Waals surface area contributed by atoms with E-state index >= 15 is 0 Å². The molecule has 4 aromatic carbocycles. The van der Waals surface area contributed by atoms with E-state index in [1.807, 2.05) is 42.1 Å². The number of nitro benzene ring substituents is 1. The van der Waals surface area contributed by atoms with Crippen molar-refractivity contribution in [2.24, 2.45) is 11.8 Å². The number of furan rings is 1. The molecule has 1 aliphatic heterocycles. The first-order chi connectivity index (χ1) is 22.3. The van der Waals surface area contributed by atoms with Crippen LogP contribution >= 0.6 is 11.8 Å². The molecule has 2 heterocycles. The molecule has 0 saturated carbocycles. The highest BCUT2D eigenvalue weighted by molar-refractivity contribution is 8.00. The summed E-state index contributed by atoms with van der Waals surface area (Å²) in [6.07, 6.45) is 15.3. The lowest BCUT2D eigenvalue weighted by Crippen LogP contribution is -2.34. The molecule has 0 bridgehead atoms. The van der Waals surface area contributed by atoms with Crippen molar-refractivity contribution in [3.05, 3.63) is 141 Å². The van der Waals surface area contributed by atoms with Gasteiger partial charge < -0.3 is 4.42 Å². The number of para-hydroxylation sites is 1. The molecule has 0 saturated heterocycles. The highest BCUT2D eigenvalue weighted by atomic mass is 32.2. The Balaban J connectivity index is 1.17. The van der Waals surface area contributed by atoms with Crippen molar-refractivity contribution in [1.82, 2.24) is 0 Å². The topological polar surface area (TPSA) is 56.3 Å². The lowest BCUT2D eigenvalue weighted by Gasteiger charge is -2.35. The highest BCUT2D eigenvalue weighted by Gasteiger charge is 2.45. The predicted molar refractivity (Wildman–Crippen MR) is 189 cm³/mol. The van der Waals surface area contributed by atoms with Crippen LogP contribution in [-0.2, 0) is 5.41 Å². The molecule has 5 heteroatoms. The van der Waals surface area contributed by atoms with Crippen molar-refractivity contribution in [2.45, 2.75) is 48.7 Å². The molecule has 0 spiro atoms. The summed E-state index contributed by atoms with van der Waals surface area (Å²) in [5, 5.41) is 15.6. The Labute approximate surface area is 272 Å². The van der Waals surface area contributed by atoms with Gasteiger partial charge in [0.2, 0.25) is 0 Å². The van der Waals surface area contributed by atoms with E-state index in [0.29, 0.717) is 16.7 Å². The van der Waals surface area contributed by atoms with Crippen LogP contribution in [0.5, 0.6) is 0 Å². The molecule has 226 valence electrons. The van der Waals surface area contributed by atoms with Crippen LogP contribution < -0.4 is 0 Å². The Morgan fingerprint density at radius 3 is 2.57 bits per heavy atom. The summed E-state index contributed by atoms with van der Waals surface area (Å²) in [6.45, 7) is 7.01. The maximum atomic E-state index is 12.0. The Morgan fingerprint density at radius 1 is 0.913 bits per heavy atom. The molecular formula is C41H33NO3S. The normalized spacial score (nSPS) is 25.9. The number of hydrogen-bond acceptors (Lipinski definition) is 4. The summed E-state index contributed by atoms with van der Waals surface area (Å²) >= 11 is 2.02. The number of rotatable bonds is 3. The molecule has 5 aromatic rings. The fourth-order valence-electron chi connectivity index (χ4n) is 8.51. The van der Waals surface area contributed by atoms with E-state index < -0.39 is 0 Å². The number of hydrogen-bond donors (Lipinski definition) is 0. The molecule has 0 radical (unpaired) electrons. The quantitative estimate of drug-likeness (QED) is 0.115. The van der Waals surface area contributed by atoms with E-state index in [1.165, 1.54) is 33.6 Å². The second kappa shape index (κ2) is 9.94. The number of thioether (sulfide) groups is 1. The third-order valence-corrected chi connectivity index (χ3v) is 12.3. The fourth-order valence-corrected chi connectivity index (χ4v) is 10.1. The van der Waals surface area contributed by atoms with Crippen molar-refractivity contribution in [3.8, 4) is 11.1 Å². The van der Waals surface area contributed by atoms with E-state index in [2.05, 4.69) is 87.6 Å². The molecule has 9 rings (SSSR count). The standard InChI is InChI=1S/C41H33NO3S/c1-23-12-17-38-41(3,22-23)34-16-14-26(20-37(34)46-38)25-13-15-28-24(2)40-33(19-27(28)18-25)39-31-10-5-4-8-29(31)32(21-36(39)45-40)30-9-6-7-11-35(30)42(43)44/h4-21,23-24,28,38H,22H2,1-3H3. The maximum absolute atomic E-state index is 12.0. The molecule has 1 aromatic heterocycles. The zero-order valence-electron chi connectivity index (χ0n) is 26.0. The van der Waals surface area contributed by atoms with Gasteiger partial charge in [-0.15, -0.1) is 11.8 Å². The van der Waals surface area contributed by atoms with E-state index in [9.17, 15) is 10.1 Å². The monoisotopic (exact) mass is 619 g/mol. The molecule has 4 aliphatic rings. The number of nitro groups is 1. The van der Waals surface area contributed by atoms with Gasteiger partial charge in [-0.25, -0.2) is 0 Å².